The fourth-order valence-electron chi connectivity index (χ4n) is 2.31. The Labute approximate surface area is 171 Å². The number of aromatic nitrogens is 1. The van der Waals surface area contributed by atoms with Crippen molar-refractivity contribution in [2.24, 2.45) is 5.10 Å². The van der Waals surface area contributed by atoms with Crippen LogP contribution in [-0.2, 0) is 6.18 Å². The number of ketones is 1. The van der Waals surface area contributed by atoms with Crippen LogP contribution in [0, 0.1) is 17.1 Å². The summed E-state index contributed by atoms with van der Waals surface area (Å²) in [5.74, 6) is -1.24. The molecular formula is C19H9ClF4N4O2. The number of halogens is 5. The predicted octanol–water partition coefficient (Wildman–Crippen LogP) is 5.33. The number of hydrogen-bond donors (Lipinski definition) is 1. The van der Waals surface area contributed by atoms with E-state index in [0.29, 0.717) is 11.6 Å². The first-order valence-electron chi connectivity index (χ1n) is 8.07. The molecular weight excluding hydrogens is 428 g/mol. The van der Waals surface area contributed by atoms with Gasteiger partial charge in [0, 0.05) is 11.6 Å². The van der Waals surface area contributed by atoms with Crippen LogP contribution in [0.2, 0.25) is 5.02 Å². The average Bonchev–Trinajstić information content (AvgIpc) is 3.19. The van der Waals surface area contributed by atoms with Crippen LogP contribution in [0.5, 0.6) is 0 Å². The van der Waals surface area contributed by atoms with Gasteiger partial charge < -0.3 is 4.52 Å². The number of carbonyl (C=O) groups excluding carboxylic acids is 1. The molecule has 0 radical (unpaired) electrons. The van der Waals surface area contributed by atoms with Crippen LogP contribution in [0.25, 0.3) is 11.3 Å². The molecule has 30 heavy (non-hydrogen) atoms. The van der Waals surface area contributed by atoms with Gasteiger partial charge in [-0.25, -0.2) is 4.39 Å². The van der Waals surface area contributed by atoms with E-state index in [1.54, 1.807) is 6.07 Å². The molecule has 0 bridgehead atoms. The smallest absolute Gasteiger partial charge is 0.356 e. The van der Waals surface area contributed by atoms with E-state index in [0.717, 1.165) is 6.07 Å². The molecule has 0 unspecified atom stereocenters. The molecule has 3 rings (SSSR count). The highest BCUT2D eigenvalue weighted by Crippen LogP contribution is 2.36. The highest BCUT2D eigenvalue weighted by Gasteiger charge is 2.33. The zero-order chi connectivity index (χ0) is 21.9. The molecule has 1 aromatic heterocycles. The molecule has 6 nitrogen and oxygen atoms in total. The van der Waals surface area contributed by atoms with Gasteiger partial charge in [-0.1, -0.05) is 16.8 Å². The Balaban J connectivity index is 1.81. The van der Waals surface area contributed by atoms with Crippen molar-refractivity contribution in [3.8, 4) is 17.4 Å². The third-order valence-electron chi connectivity index (χ3n) is 3.76. The van der Waals surface area contributed by atoms with Gasteiger partial charge in [-0.15, -0.1) is 0 Å². The number of nitriles is 1. The highest BCUT2D eigenvalue weighted by molar-refractivity contribution is 6.51. The van der Waals surface area contributed by atoms with E-state index < -0.39 is 34.1 Å². The number of alkyl halides is 3. The molecule has 0 aliphatic heterocycles. The average molecular weight is 437 g/mol. The van der Waals surface area contributed by atoms with E-state index in [-0.39, 0.29) is 17.1 Å². The van der Waals surface area contributed by atoms with Gasteiger partial charge in [0.05, 0.1) is 16.3 Å². The third-order valence-corrected chi connectivity index (χ3v) is 4.09. The fraction of sp³-hybridized carbons (Fsp3) is 0.0526. The second kappa shape index (κ2) is 8.34. The maximum Gasteiger partial charge on any atom is 0.417 e. The highest BCUT2D eigenvalue weighted by atomic mass is 35.5. The molecule has 1 heterocycles. The molecule has 2 aromatic carbocycles. The number of benzene rings is 2. The molecule has 3 aromatic rings. The van der Waals surface area contributed by atoms with Crippen molar-refractivity contribution in [3.05, 3.63) is 70.6 Å². The second-order valence-electron chi connectivity index (χ2n) is 5.79. The number of hydrogen-bond acceptors (Lipinski definition) is 6. The van der Waals surface area contributed by atoms with Crippen LogP contribution in [0.15, 0.2) is 58.2 Å². The first-order chi connectivity index (χ1) is 14.2. The number of nitrogens with zero attached hydrogens (tertiary/aromatic N) is 3. The van der Waals surface area contributed by atoms with Crippen molar-refractivity contribution in [3.63, 3.8) is 0 Å². The Morgan fingerprint density at radius 3 is 2.50 bits per heavy atom. The first-order valence-corrected chi connectivity index (χ1v) is 8.44. The lowest BCUT2D eigenvalue weighted by Gasteiger charge is -2.10. The van der Waals surface area contributed by atoms with Gasteiger partial charge in [-0.2, -0.15) is 23.5 Å². The summed E-state index contributed by atoms with van der Waals surface area (Å²) < 4.78 is 56.8. The summed E-state index contributed by atoms with van der Waals surface area (Å²) >= 11 is 5.53. The fourth-order valence-corrected chi connectivity index (χ4v) is 2.54. The molecule has 0 saturated carbocycles. The van der Waals surface area contributed by atoms with Crippen LogP contribution in [0.3, 0.4) is 0 Å². The number of hydrazone groups is 1. The molecule has 0 atom stereocenters. The van der Waals surface area contributed by atoms with E-state index in [1.807, 2.05) is 0 Å². The lowest BCUT2D eigenvalue weighted by Crippen LogP contribution is -2.14. The number of nitrogens with one attached hydrogen (secondary N) is 1. The van der Waals surface area contributed by atoms with Crippen molar-refractivity contribution in [1.29, 1.82) is 5.26 Å². The summed E-state index contributed by atoms with van der Waals surface area (Å²) in [7, 11) is 0. The summed E-state index contributed by atoms with van der Waals surface area (Å²) in [6, 6.07) is 10.8. The summed E-state index contributed by atoms with van der Waals surface area (Å²) in [6.45, 7) is 0. The van der Waals surface area contributed by atoms with Gasteiger partial charge >= 0.3 is 6.18 Å². The minimum atomic E-state index is -4.69. The third kappa shape index (κ3) is 4.64. The van der Waals surface area contributed by atoms with Gasteiger partial charge in [0.15, 0.2) is 11.5 Å². The van der Waals surface area contributed by atoms with Crippen molar-refractivity contribution in [2.45, 2.75) is 6.18 Å². The first kappa shape index (κ1) is 21.0. The Bertz CT molecular complexity index is 1160. The summed E-state index contributed by atoms with van der Waals surface area (Å²) in [6.07, 6.45) is -4.69. The number of anilines is 1. The van der Waals surface area contributed by atoms with Crippen LogP contribution >= 0.6 is 11.6 Å². The van der Waals surface area contributed by atoms with E-state index >= 15 is 0 Å². The predicted molar refractivity (Wildman–Crippen MR) is 99.4 cm³/mol. The van der Waals surface area contributed by atoms with Gasteiger partial charge in [-0.3, -0.25) is 10.2 Å². The summed E-state index contributed by atoms with van der Waals surface area (Å²) in [5, 5.41) is 15.8. The molecule has 0 aliphatic carbocycles. The second-order valence-corrected chi connectivity index (χ2v) is 6.20. The van der Waals surface area contributed by atoms with Gasteiger partial charge in [0.2, 0.25) is 11.5 Å². The van der Waals surface area contributed by atoms with Crippen LogP contribution in [0.4, 0.5) is 23.2 Å². The minimum Gasteiger partial charge on any atom is -0.356 e. The molecule has 0 spiro atoms. The topological polar surface area (TPSA) is 91.3 Å². The lowest BCUT2D eigenvalue weighted by atomic mass is 10.1. The minimum absolute atomic E-state index is 0.139. The normalized spacial score (nSPS) is 11.8. The number of Topliss-reactive ketones (excluding diaryl/α,β-unsaturated/α-hetero) is 1. The van der Waals surface area contributed by atoms with Gasteiger partial charge in [0.1, 0.15) is 11.9 Å². The van der Waals surface area contributed by atoms with E-state index in [9.17, 15) is 27.6 Å². The molecule has 0 amide bonds. The molecule has 0 saturated heterocycles. The Morgan fingerprint density at radius 1 is 1.17 bits per heavy atom. The molecule has 0 fully saturated rings. The Hall–Kier alpha value is -3.71. The quantitative estimate of drug-likeness (QED) is 0.253. The standard InChI is InChI=1S/C19H9ClF4N4O2/c20-14-6-5-12(7-13(14)19(22,23)24)26-27-16(9-25)18(29)15-8-17(30-28-15)10-1-3-11(21)4-2-10/h1-8,26H/b27-16+. The van der Waals surface area contributed by atoms with Crippen molar-refractivity contribution in [2.75, 3.05) is 5.43 Å². The molecule has 152 valence electrons. The zero-order valence-corrected chi connectivity index (χ0v) is 15.4. The summed E-state index contributed by atoms with van der Waals surface area (Å²) in [5.41, 5.74) is 0.487. The summed E-state index contributed by atoms with van der Waals surface area (Å²) in [4.78, 5) is 12.4. The monoisotopic (exact) mass is 436 g/mol. The van der Waals surface area contributed by atoms with Gasteiger partial charge in [-0.05, 0) is 42.5 Å². The van der Waals surface area contributed by atoms with Crippen LogP contribution in [-0.4, -0.2) is 16.7 Å². The van der Waals surface area contributed by atoms with Crippen molar-refractivity contribution >= 4 is 28.8 Å². The zero-order valence-electron chi connectivity index (χ0n) is 14.7. The maximum absolute atomic E-state index is 13.0. The van der Waals surface area contributed by atoms with Gasteiger partial charge in [0.25, 0.3) is 0 Å². The molecule has 11 heteroatoms. The lowest BCUT2D eigenvalue weighted by molar-refractivity contribution is -0.137. The van der Waals surface area contributed by atoms with E-state index in [2.05, 4.69) is 15.7 Å². The number of rotatable bonds is 5. The number of carbonyl (C=O) groups is 1. The van der Waals surface area contributed by atoms with Crippen molar-refractivity contribution < 1.29 is 26.9 Å². The Kier molecular flexibility index (Phi) is 5.84. The largest absolute Gasteiger partial charge is 0.417 e. The maximum atomic E-state index is 13.0. The van der Waals surface area contributed by atoms with Crippen molar-refractivity contribution in [1.82, 2.24) is 5.16 Å². The molecule has 1 N–H and O–H groups in total. The SMILES string of the molecule is N#C/C(=N\Nc1ccc(Cl)c(C(F)(F)F)c1)C(=O)c1cc(-c2ccc(F)cc2)on1. The molecule has 0 aliphatic rings. The Morgan fingerprint density at radius 2 is 1.87 bits per heavy atom. The van der Waals surface area contributed by atoms with Crippen LogP contribution < -0.4 is 5.43 Å². The van der Waals surface area contributed by atoms with E-state index in [1.165, 1.54) is 36.4 Å². The van der Waals surface area contributed by atoms with Crippen LogP contribution in [0.1, 0.15) is 16.1 Å². The van der Waals surface area contributed by atoms with E-state index in [4.69, 9.17) is 16.1 Å².